The highest BCUT2D eigenvalue weighted by molar-refractivity contribution is 7.92. The van der Waals surface area contributed by atoms with Crippen LogP contribution in [0.1, 0.15) is 15.9 Å². The molecule has 0 unspecified atom stereocenters. The van der Waals surface area contributed by atoms with Gasteiger partial charge in [0.1, 0.15) is 5.69 Å². The Bertz CT molecular complexity index is 1720. The predicted molar refractivity (Wildman–Crippen MR) is 153 cm³/mol. The molecule has 8 nitrogen and oxygen atoms in total. The van der Waals surface area contributed by atoms with Crippen LogP contribution in [0.2, 0.25) is 5.02 Å². The van der Waals surface area contributed by atoms with E-state index < -0.39 is 15.9 Å². The molecule has 0 saturated carbocycles. The van der Waals surface area contributed by atoms with Crippen molar-refractivity contribution in [2.75, 3.05) is 4.72 Å². The zero-order valence-corrected chi connectivity index (χ0v) is 22.0. The SMILES string of the molecule is O=C(N/N=C/c1cn(-c2ccccc2)nc1-c1ccccc1)c1ccc(NS(=O)(=O)c2ccc(Cl)cc2)cc1. The number of nitrogens with one attached hydrogen (secondary N) is 2. The number of para-hydroxylation sites is 1. The van der Waals surface area contributed by atoms with Gasteiger partial charge in [0.2, 0.25) is 0 Å². The Hall–Kier alpha value is -4.73. The van der Waals surface area contributed by atoms with Gasteiger partial charge < -0.3 is 0 Å². The summed E-state index contributed by atoms with van der Waals surface area (Å²) in [5, 5.41) is 9.30. The number of amides is 1. The lowest BCUT2D eigenvalue weighted by atomic mass is 10.1. The molecule has 194 valence electrons. The fraction of sp³-hybridized carbons (Fsp3) is 0. The van der Waals surface area contributed by atoms with E-state index in [2.05, 4.69) is 15.2 Å². The minimum absolute atomic E-state index is 0.0773. The van der Waals surface area contributed by atoms with Crippen LogP contribution in [-0.4, -0.2) is 30.3 Å². The van der Waals surface area contributed by atoms with Crippen molar-refractivity contribution >= 4 is 39.4 Å². The van der Waals surface area contributed by atoms with Crippen molar-refractivity contribution in [2.24, 2.45) is 5.10 Å². The standard InChI is InChI=1S/C29H22ClN5O3S/c30-24-13-17-27(18-14-24)39(37,38)34-25-15-11-22(12-16-25)29(36)32-31-19-23-20-35(26-9-5-2-6-10-26)33-28(23)21-7-3-1-4-8-21/h1-20,34H,(H,32,36)/b31-19+. The quantitative estimate of drug-likeness (QED) is 0.188. The molecule has 1 heterocycles. The summed E-state index contributed by atoms with van der Waals surface area (Å²) in [6, 6.07) is 31.2. The highest BCUT2D eigenvalue weighted by Gasteiger charge is 2.15. The molecule has 2 N–H and O–H groups in total. The number of carbonyl (C=O) groups excluding carboxylic acids is 1. The fourth-order valence-electron chi connectivity index (χ4n) is 3.76. The molecule has 0 aliphatic carbocycles. The van der Waals surface area contributed by atoms with Crippen LogP contribution in [-0.2, 0) is 10.0 Å². The molecule has 0 saturated heterocycles. The molecule has 1 aromatic heterocycles. The largest absolute Gasteiger partial charge is 0.280 e. The van der Waals surface area contributed by atoms with Crippen molar-refractivity contribution in [3.05, 3.63) is 132 Å². The van der Waals surface area contributed by atoms with Crippen LogP contribution in [0.25, 0.3) is 16.9 Å². The maximum Gasteiger partial charge on any atom is 0.271 e. The Labute approximate surface area is 230 Å². The molecule has 4 aromatic carbocycles. The number of sulfonamides is 1. The number of anilines is 1. The molecule has 0 aliphatic heterocycles. The minimum Gasteiger partial charge on any atom is -0.280 e. The van der Waals surface area contributed by atoms with Crippen LogP contribution in [0.3, 0.4) is 0 Å². The lowest BCUT2D eigenvalue weighted by molar-refractivity contribution is 0.0955. The van der Waals surface area contributed by atoms with Crippen LogP contribution in [0.4, 0.5) is 5.69 Å². The molecule has 0 fully saturated rings. The Morgan fingerprint density at radius 2 is 1.49 bits per heavy atom. The summed E-state index contributed by atoms with van der Waals surface area (Å²) in [6.07, 6.45) is 3.39. The van der Waals surface area contributed by atoms with Gasteiger partial charge in [-0.1, -0.05) is 60.1 Å². The minimum atomic E-state index is -3.79. The predicted octanol–water partition coefficient (Wildman–Crippen LogP) is 5.76. The number of carbonyl (C=O) groups is 1. The molecular formula is C29H22ClN5O3S. The normalized spacial score (nSPS) is 11.4. The second-order valence-corrected chi connectivity index (χ2v) is 10.5. The second kappa shape index (κ2) is 11.3. The average molecular weight is 556 g/mol. The first kappa shape index (κ1) is 25.9. The van der Waals surface area contributed by atoms with Crippen molar-refractivity contribution in [3.63, 3.8) is 0 Å². The van der Waals surface area contributed by atoms with Crippen LogP contribution in [0.5, 0.6) is 0 Å². The van der Waals surface area contributed by atoms with Crippen LogP contribution < -0.4 is 10.1 Å². The number of hydrogen-bond acceptors (Lipinski definition) is 5. The Balaban J connectivity index is 1.29. The van der Waals surface area contributed by atoms with E-state index in [1.807, 2.05) is 66.9 Å². The van der Waals surface area contributed by atoms with Gasteiger partial charge in [0.25, 0.3) is 15.9 Å². The van der Waals surface area contributed by atoms with Gasteiger partial charge in [-0.05, 0) is 60.7 Å². The lowest BCUT2D eigenvalue weighted by Gasteiger charge is -2.08. The van der Waals surface area contributed by atoms with Gasteiger partial charge in [-0.3, -0.25) is 9.52 Å². The smallest absolute Gasteiger partial charge is 0.271 e. The van der Waals surface area contributed by atoms with Gasteiger partial charge in [-0.25, -0.2) is 18.5 Å². The summed E-state index contributed by atoms with van der Waals surface area (Å²) >= 11 is 5.84. The molecular weight excluding hydrogens is 534 g/mol. The lowest BCUT2D eigenvalue weighted by Crippen LogP contribution is -2.18. The fourth-order valence-corrected chi connectivity index (χ4v) is 4.94. The van der Waals surface area contributed by atoms with Crippen molar-refractivity contribution < 1.29 is 13.2 Å². The number of halogens is 1. The van der Waals surface area contributed by atoms with Gasteiger partial charge in [-0.15, -0.1) is 0 Å². The molecule has 5 rings (SSSR count). The number of aromatic nitrogens is 2. The first-order valence-electron chi connectivity index (χ1n) is 11.8. The van der Waals surface area contributed by atoms with Crippen molar-refractivity contribution in [1.29, 1.82) is 0 Å². The van der Waals surface area contributed by atoms with Gasteiger partial charge in [0.05, 0.1) is 16.8 Å². The third kappa shape index (κ3) is 6.23. The Morgan fingerprint density at radius 1 is 0.846 bits per heavy atom. The van der Waals surface area contributed by atoms with Crippen molar-refractivity contribution in [1.82, 2.24) is 15.2 Å². The van der Waals surface area contributed by atoms with E-state index in [-0.39, 0.29) is 4.90 Å². The van der Waals surface area contributed by atoms with Gasteiger partial charge in [-0.2, -0.15) is 10.2 Å². The number of benzene rings is 4. The molecule has 10 heteroatoms. The number of hydrogen-bond donors (Lipinski definition) is 2. The zero-order chi connectivity index (χ0) is 27.2. The molecule has 0 atom stereocenters. The highest BCUT2D eigenvalue weighted by atomic mass is 35.5. The zero-order valence-electron chi connectivity index (χ0n) is 20.4. The summed E-state index contributed by atoms with van der Waals surface area (Å²) in [4.78, 5) is 12.7. The molecule has 0 aliphatic rings. The summed E-state index contributed by atoms with van der Waals surface area (Å²) in [5.74, 6) is -0.449. The maximum absolute atomic E-state index is 12.7. The topological polar surface area (TPSA) is 105 Å². The van der Waals surface area contributed by atoms with Crippen molar-refractivity contribution in [2.45, 2.75) is 4.90 Å². The molecule has 0 radical (unpaired) electrons. The van der Waals surface area contributed by atoms with Crippen LogP contribution >= 0.6 is 11.6 Å². The molecule has 0 spiro atoms. The third-order valence-electron chi connectivity index (χ3n) is 5.70. The van der Waals surface area contributed by atoms with E-state index in [4.69, 9.17) is 16.7 Å². The average Bonchev–Trinajstić information content (AvgIpc) is 3.38. The number of nitrogens with zero attached hydrogens (tertiary/aromatic N) is 3. The summed E-state index contributed by atoms with van der Waals surface area (Å²) < 4.78 is 29.4. The van der Waals surface area contributed by atoms with Crippen LogP contribution in [0.15, 0.2) is 125 Å². The van der Waals surface area contributed by atoms with Crippen molar-refractivity contribution in [3.8, 4) is 16.9 Å². The number of rotatable bonds is 8. The molecule has 1 amide bonds. The monoisotopic (exact) mass is 555 g/mol. The summed E-state index contributed by atoms with van der Waals surface area (Å²) in [5.41, 5.74) is 6.38. The molecule has 5 aromatic rings. The van der Waals surface area contributed by atoms with Gasteiger partial charge in [0, 0.05) is 33.6 Å². The van der Waals surface area contributed by atoms with E-state index >= 15 is 0 Å². The molecule has 39 heavy (non-hydrogen) atoms. The van der Waals surface area contributed by atoms with Gasteiger partial charge >= 0.3 is 0 Å². The summed E-state index contributed by atoms with van der Waals surface area (Å²) in [6.45, 7) is 0. The van der Waals surface area contributed by atoms with E-state index in [1.54, 1.807) is 10.9 Å². The first-order valence-corrected chi connectivity index (χ1v) is 13.7. The summed E-state index contributed by atoms with van der Waals surface area (Å²) in [7, 11) is -3.79. The maximum atomic E-state index is 12.7. The number of hydrazone groups is 1. The van der Waals surface area contributed by atoms with E-state index in [1.165, 1.54) is 48.5 Å². The second-order valence-electron chi connectivity index (χ2n) is 8.42. The Morgan fingerprint density at radius 3 is 2.15 bits per heavy atom. The first-order chi connectivity index (χ1) is 18.9. The highest BCUT2D eigenvalue weighted by Crippen LogP contribution is 2.23. The molecule has 0 bridgehead atoms. The van der Waals surface area contributed by atoms with Gasteiger partial charge in [0.15, 0.2) is 0 Å². The third-order valence-corrected chi connectivity index (χ3v) is 7.35. The van der Waals surface area contributed by atoms with Crippen LogP contribution in [0, 0.1) is 0 Å². The Kier molecular flexibility index (Phi) is 7.53. The van der Waals surface area contributed by atoms with E-state index in [9.17, 15) is 13.2 Å². The van der Waals surface area contributed by atoms with E-state index in [0.29, 0.717) is 16.3 Å². The van der Waals surface area contributed by atoms with E-state index in [0.717, 1.165) is 22.5 Å².